The van der Waals surface area contributed by atoms with E-state index in [-0.39, 0.29) is 5.91 Å². The number of ether oxygens (including phenoxy) is 2. The molecule has 7 nitrogen and oxygen atoms in total. The van der Waals surface area contributed by atoms with Crippen LogP contribution in [0.1, 0.15) is 38.6 Å². The van der Waals surface area contributed by atoms with Crippen LogP contribution in [0.3, 0.4) is 0 Å². The summed E-state index contributed by atoms with van der Waals surface area (Å²) in [4.78, 5) is 12.1. The van der Waals surface area contributed by atoms with Gasteiger partial charge in [-0.1, -0.05) is 31.5 Å². The Hall–Kier alpha value is -2.06. The van der Waals surface area contributed by atoms with Crippen molar-refractivity contribution >= 4 is 17.7 Å². The molecule has 158 valence electrons. The second-order valence-electron chi connectivity index (χ2n) is 7.37. The van der Waals surface area contributed by atoms with E-state index in [1.807, 2.05) is 24.3 Å². The van der Waals surface area contributed by atoms with Crippen LogP contribution in [0.15, 0.2) is 29.4 Å². The molecule has 0 radical (unpaired) electrons. The smallest absolute Gasteiger partial charge is 0.230 e. The Morgan fingerprint density at radius 1 is 1.21 bits per heavy atom. The van der Waals surface area contributed by atoms with Crippen LogP contribution < -0.4 is 10.1 Å². The monoisotopic (exact) mass is 418 g/mol. The average molecular weight is 419 g/mol. The van der Waals surface area contributed by atoms with Gasteiger partial charge in [-0.2, -0.15) is 0 Å². The summed E-state index contributed by atoms with van der Waals surface area (Å²) < 4.78 is 12.5. The van der Waals surface area contributed by atoms with Gasteiger partial charge < -0.3 is 14.8 Å². The second kappa shape index (κ2) is 10.6. The molecule has 3 rings (SSSR count). The summed E-state index contributed by atoms with van der Waals surface area (Å²) in [5, 5.41) is 12.6. The minimum Gasteiger partial charge on any atom is -0.497 e. The van der Waals surface area contributed by atoms with Gasteiger partial charge in [0.15, 0.2) is 11.0 Å². The first-order valence-corrected chi connectivity index (χ1v) is 11.1. The standard InChI is InChI=1S/C21H30N4O3S/c1-15-6-4-5-7-18(15)25-20(16-8-10-17(28-3)11-9-16)23-24-21(25)29-14-19(26)22-12-13-27-2/h8-11,15,18H,4-7,12-14H2,1-3H3,(H,22,26)/t15-,18+/m1/s1. The number of hydrogen-bond acceptors (Lipinski definition) is 6. The molecule has 8 heteroatoms. The van der Waals surface area contributed by atoms with Crippen molar-refractivity contribution in [1.29, 1.82) is 0 Å². The van der Waals surface area contributed by atoms with Crippen molar-refractivity contribution in [1.82, 2.24) is 20.1 Å². The third-order valence-electron chi connectivity index (χ3n) is 5.37. The van der Waals surface area contributed by atoms with E-state index < -0.39 is 0 Å². The summed E-state index contributed by atoms with van der Waals surface area (Å²) in [7, 11) is 3.28. The number of aromatic nitrogens is 3. The molecule has 1 aromatic heterocycles. The molecule has 1 aliphatic carbocycles. The number of amides is 1. The molecule has 1 fully saturated rings. The van der Waals surface area contributed by atoms with E-state index in [4.69, 9.17) is 9.47 Å². The normalized spacial score (nSPS) is 19.1. The van der Waals surface area contributed by atoms with Crippen LogP contribution in [0.5, 0.6) is 5.75 Å². The zero-order chi connectivity index (χ0) is 20.6. The molecule has 2 aromatic rings. The predicted octanol–water partition coefficient (Wildman–Crippen LogP) is 3.56. The van der Waals surface area contributed by atoms with Crippen molar-refractivity contribution in [2.24, 2.45) is 5.92 Å². The summed E-state index contributed by atoms with van der Waals surface area (Å²) in [6, 6.07) is 8.25. The number of nitrogens with zero attached hydrogens (tertiary/aromatic N) is 3. The van der Waals surface area contributed by atoms with Crippen molar-refractivity contribution in [2.75, 3.05) is 33.1 Å². The van der Waals surface area contributed by atoms with Gasteiger partial charge in [-0.05, 0) is 43.0 Å². The third kappa shape index (κ3) is 5.51. The van der Waals surface area contributed by atoms with Crippen molar-refractivity contribution < 1.29 is 14.3 Å². The van der Waals surface area contributed by atoms with E-state index in [1.54, 1.807) is 14.2 Å². The van der Waals surface area contributed by atoms with Crippen LogP contribution in [-0.2, 0) is 9.53 Å². The maximum absolute atomic E-state index is 12.1. The Morgan fingerprint density at radius 3 is 2.66 bits per heavy atom. The summed E-state index contributed by atoms with van der Waals surface area (Å²) >= 11 is 1.44. The van der Waals surface area contributed by atoms with E-state index in [0.29, 0.717) is 30.9 Å². The van der Waals surface area contributed by atoms with Gasteiger partial charge in [0.1, 0.15) is 5.75 Å². The first-order valence-electron chi connectivity index (χ1n) is 10.1. The molecular weight excluding hydrogens is 388 g/mol. The molecule has 1 heterocycles. The maximum atomic E-state index is 12.1. The fraction of sp³-hybridized carbons (Fsp3) is 0.571. The Labute approximate surface area is 176 Å². The summed E-state index contributed by atoms with van der Waals surface area (Å²) in [6.45, 7) is 3.32. The lowest BCUT2D eigenvalue weighted by molar-refractivity contribution is -0.118. The lowest BCUT2D eigenvalue weighted by Crippen LogP contribution is -2.28. The molecule has 0 spiro atoms. The molecule has 0 aliphatic heterocycles. The van der Waals surface area contributed by atoms with E-state index in [0.717, 1.165) is 28.7 Å². The van der Waals surface area contributed by atoms with Crippen LogP contribution in [-0.4, -0.2) is 53.8 Å². The van der Waals surface area contributed by atoms with Gasteiger partial charge in [-0.15, -0.1) is 10.2 Å². The van der Waals surface area contributed by atoms with Gasteiger partial charge in [0.05, 0.1) is 19.5 Å². The molecule has 2 atom stereocenters. The van der Waals surface area contributed by atoms with E-state index in [1.165, 1.54) is 31.0 Å². The third-order valence-corrected chi connectivity index (χ3v) is 6.31. The number of nitrogens with one attached hydrogen (secondary N) is 1. The quantitative estimate of drug-likeness (QED) is 0.496. The lowest BCUT2D eigenvalue weighted by atomic mass is 9.85. The largest absolute Gasteiger partial charge is 0.497 e. The number of thioether (sulfide) groups is 1. The minimum atomic E-state index is -0.0238. The molecule has 1 aromatic carbocycles. The first-order chi connectivity index (χ1) is 14.1. The highest BCUT2D eigenvalue weighted by Crippen LogP contribution is 2.39. The van der Waals surface area contributed by atoms with Gasteiger partial charge >= 0.3 is 0 Å². The molecule has 1 N–H and O–H groups in total. The zero-order valence-corrected chi connectivity index (χ0v) is 18.2. The van der Waals surface area contributed by atoms with E-state index in [2.05, 4.69) is 27.0 Å². The number of rotatable bonds is 9. The average Bonchev–Trinajstić information content (AvgIpc) is 3.16. The number of hydrogen-bond donors (Lipinski definition) is 1. The fourth-order valence-corrected chi connectivity index (χ4v) is 4.59. The summed E-state index contributed by atoms with van der Waals surface area (Å²) in [6.07, 6.45) is 4.78. The van der Waals surface area contributed by atoms with E-state index in [9.17, 15) is 4.79 Å². The predicted molar refractivity (Wildman–Crippen MR) is 114 cm³/mol. The molecule has 0 saturated heterocycles. The molecular formula is C21H30N4O3S. The van der Waals surface area contributed by atoms with Crippen LogP contribution in [0.2, 0.25) is 0 Å². The number of methoxy groups -OCH3 is 2. The van der Waals surface area contributed by atoms with Gasteiger partial charge in [0.2, 0.25) is 5.91 Å². The Kier molecular flexibility index (Phi) is 7.94. The van der Waals surface area contributed by atoms with Crippen LogP contribution in [0.4, 0.5) is 0 Å². The van der Waals surface area contributed by atoms with Gasteiger partial charge in [-0.3, -0.25) is 9.36 Å². The topological polar surface area (TPSA) is 78.3 Å². The van der Waals surface area contributed by atoms with Gasteiger partial charge in [0.25, 0.3) is 0 Å². The molecule has 0 bridgehead atoms. The fourth-order valence-electron chi connectivity index (χ4n) is 3.77. The number of carbonyl (C=O) groups excluding carboxylic acids is 1. The second-order valence-corrected chi connectivity index (χ2v) is 8.31. The highest BCUT2D eigenvalue weighted by atomic mass is 32.2. The van der Waals surface area contributed by atoms with Crippen molar-refractivity contribution in [3.8, 4) is 17.1 Å². The number of benzene rings is 1. The van der Waals surface area contributed by atoms with Crippen molar-refractivity contribution in [3.63, 3.8) is 0 Å². The molecule has 29 heavy (non-hydrogen) atoms. The SMILES string of the molecule is COCCNC(=O)CSc1nnc(-c2ccc(OC)cc2)n1[C@H]1CCCC[C@H]1C. The van der Waals surface area contributed by atoms with Crippen molar-refractivity contribution in [2.45, 2.75) is 43.8 Å². The first kappa shape index (κ1) is 21.6. The highest BCUT2D eigenvalue weighted by molar-refractivity contribution is 7.99. The Morgan fingerprint density at radius 2 is 1.97 bits per heavy atom. The lowest BCUT2D eigenvalue weighted by Gasteiger charge is -2.31. The van der Waals surface area contributed by atoms with Gasteiger partial charge in [-0.25, -0.2) is 0 Å². The molecule has 0 unspecified atom stereocenters. The van der Waals surface area contributed by atoms with Crippen LogP contribution in [0.25, 0.3) is 11.4 Å². The maximum Gasteiger partial charge on any atom is 0.230 e. The van der Waals surface area contributed by atoms with Crippen molar-refractivity contribution in [3.05, 3.63) is 24.3 Å². The Balaban J connectivity index is 1.83. The molecule has 1 amide bonds. The minimum absolute atomic E-state index is 0.0238. The van der Waals surface area contributed by atoms with Gasteiger partial charge in [0, 0.05) is 25.3 Å². The van der Waals surface area contributed by atoms with E-state index >= 15 is 0 Å². The summed E-state index contributed by atoms with van der Waals surface area (Å²) in [5.74, 6) is 2.50. The molecule has 1 aliphatic rings. The Bertz CT molecular complexity index is 794. The zero-order valence-electron chi connectivity index (χ0n) is 17.4. The highest BCUT2D eigenvalue weighted by Gasteiger charge is 2.28. The summed E-state index contributed by atoms with van der Waals surface area (Å²) in [5.41, 5.74) is 1.01. The molecule has 1 saturated carbocycles. The number of carbonyl (C=O) groups is 1. The van der Waals surface area contributed by atoms with Crippen LogP contribution >= 0.6 is 11.8 Å². The van der Waals surface area contributed by atoms with Crippen LogP contribution in [0, 0.1) is 5.92 Å².